The number of hydrogen-bond donors (Lipinski definition) is 0. The van der Waals surface area contributed by atoms with Crippen LogP contribution in [-0.2, 0) is 0 Å². The van der Waals surface area contributed by atoms with Gasteiger partial charge in [-0.1, -0.05) is 68.1 Å². The lowest BCUT2D eigenvalue weighted by Gasteiger charge is -2.40. The Morgan fingerprint density at radius 1 is 1.06 bits per heavy atom. The van der Waals surface area contributed by atoms with Crippen LogP contribution in [0.25, 0.3) is 0 Å². The summed E-state index contributed by atoms with van der Waals surface area (Å²) in [5, 5.41) is 0. The molecule has 0 aromatic carbocycles. The largest absolute Gasteiger partial charge is 0.0859 e. The molecular weight excluding hydrogens is 420 g/mol. The van der Waals surface area contributed by atoms with E-state index in [9.17, 15) is 0 Å². The van der Waals surface area contributed by atoms with E-state index in [0.717, 1.165) is 5.92 Å². The molecule has 0 spiro atoms. The molecule has 1 rings (SSSR count). The summed E-state index contributed by atoms with van der Waals surface area (Å²) < 4.78 is 1.01. The number of hydrogen-bond acceptors (Lipinski definition) is 0. The van der Waals surface area contributed by atoms with Crippen molar-refractivity contribution in [3.8, 4) is 0 Å². The SMILES string of the molecule is CC(C)(Br)CCCC(C)(Br)C1CCC(C)(Br)CC1. The third-order valence-electron chi connectivity index (χ3n) is 4.32. The van der Waals surface area contributed by atoms with Gasteiger partial charge in [0, 0.05) is 13.0 Å². The van der Waals surface area contributed by atoms with Crippen LogP contribution in [0.4, 0.5) is 0 Å². The first-order valence-corrected chi connectivity index (χ1v) is 9.47. The highest BCUT2D eigenvalue weighted by Gasteiger charge is 2.37. The van der Waals surface area contributed by atoms with Gasteiger partial charge in [-0.05, 0) is 58.3 Å². The molecule has 0 saturated heterocycles. The van der Waals surface area contributed by atoms with Gasteiger partial charge in [0.25, 0.3) is 0 Å². The number of halogens is 3. The van der Waals surface area contributed by atoms with E-state index in [1.54, 1.807) is 0 Å². The Hall–Kier alpha value is 1.44. The fourth-order valence-corrected chi connectivity index (χ4v) is 4.36. The predicted molar refractivity (Wildman–Crippen MR) is 93.5 cm³/mol. The zero-order valence-electron chi connectivity index (χ0n) is 12.2. The molecule has 0 N–H and O–H groups in total. The monoisotopic (exact) mass is 444 g/mol. The maximum Gasteiger partial charge on any atom is 0.0258 e. The van der Waals surface area contributed by atoms with Gasteiger partial charge >= 0.3 is 0 Å². The highest BCUT2D eigenvalue weighted by atomic mass is 79.9. The van der Waals surface area contributed by atoms with Crippen LogP contribution in [0, 0.1) is 5.92 Å². The topological polar surface area (TPSA) is 0 Å². The summed E-state index contributed by atoms with van der Waals surface area (Å²) in [5.74, 6) is 0.835. The average Bonchev–Trinajstić information content (AvgIpc) is 2.14. The lowest BCUT2D eigenvalue weighted by atomic mass is 9.75. The van der Waals surface area contributed by atoms with Crippen molar-refractivity contribution < 1.29 is 0 Å². The summed E-state index contributed by atoms with van der Waals surface area (Å²) in [6.07, 6.45) is 9.14. The van der Waals surface area contributed by atoms with E-state index in [1.807, 2.05) is 0 Å². The maximum absolute atomic E-state index is 4.02. The molecule has 1 fully saturated rings. The zero-order chi connectivity index (χ0) is 14.0. The Bertz CT molecular complexity index is 253. The second kappa shape index (κ2) is 6.47. The molecule has 1 unspecified atom stereocenters. The van der Waals surface area contributed by atoms with Crippen molar-refractivity contribution in [2.24, 2.45) is 5.92 Å². The third-order valence-corrected chi connectivity index (χ3v) is 6.55. The first-order valence-electron chi connectivity index (χ1n) is 7.09. The molecule has 1 aliphatic carbocycles. The van der Waals surface area contributed by atoms with Gasteiger partial charge in [0.05, 0.1) is 0 Å². The van der Waals surface area contributed by atoms with Gasteiger partial charge in [0.2, 0.25) is 0 Å². The van der Waals surface area contributed by atoms with Crippen LogP contribution in [0.15, 0.2) is 0 Å². The van der Waals surface area contributed by atoms with Crippen LogP contribution in [0.2, 0.25) is 0 Å². The molecule has 1 aliphatic rings. The molecular formula is C15H27Br3. The second-order valence-corrected chi connectivity index (χ2v) is 12.9. The highest BCUT2D eigenvalue weighted by Crippen LogP contribution is 2.46. The van der Waals surface area contributed by atoms with Crippen LogP contribution >= 0.6 is 47.8 Å². The highest BCUT2D eigenvalue weighted by molar-refractivity contribution is 9.10. The lowest BCUT2D eigenvalue weighted by Crippen LogP contribution is -2.35. The van der Waals surface area contributed by atoms with Crippen molar-refractivity contribution in [3.05, 3.63) is 0 Å². The van der Waals surface area contributed by atoms with Crippen molar-refractivity contribution in [2.75, 3.05) is 0 Å². The summed E-state index contributed by atoms with van der Waals surface area (Å²) >= 11 is 11.6. The van der Waals surface area contributed by atoms with E-state index in [2.05, 4.69) is 75.5 Å². The van der Waals surface area contributed by atoms with Crippen molar-refractivity contribution in [1.82, 2.24) is 0 Å². The Labute approximate surface area is 138 Å². The van der Waals surface area contributed by atoms with Gasteiger partial charge in [-0.2, -0.15) is 0 Å². The standard InChI is InChI=1S/C15H27Br3/c1-13(2,16)8-5-9-15(4,18)12-6-10-14(3,17)11-7-12/h12H,5-11H2,1-4H3. The van der Waals surface area contributed by atoms with Crippen molar-refractivity contribution in [1.29, 1.82) is 0 Å². The first kappa shape index (κ1) is 17.5. The maximum atomic E-state index is 4.02. The minimum Gasteiger partial charge on any atom is -0.0859 e. The van der Waals surface area contributed by atoms with E-state index in [0.29, 0.717) is 8.65 Å². The first-order chi connectivity index (χ1) is 8.02. The molecule has 0 aromatic rings. The summed E-state index contributed by atoms with van der Waals surface area (Å²) in [5.41, 5.74) is 0. The van der Waals surface area contributed by atoms with E-state index >= 15 is 0 Å². The van der Waals surface area contributed by atoms with Crippen LogP contribution in [0.1, 0.15) is 72.6 Å². The quantitative estimate of drug-likeness (QED) is 0.406. The van der Waals surface area contributed by atoms with Gasteiger partial charge in [-0.3, -0.25) is 0 Å². The molecule has 3 heteroatoms. The molecule has 0 heterocycles. The van der Waals surface area contributed by atoms with Crippen molar-refractivity contribution >= 4 is 47.8 Å². The fraction of sp³-hybridized carbons (Fsp3) is 1.00. The van der Waals surface area contributed by atoms with E-state index < -0.39 is 0 Å². The Balaban J connectivity index is 2.40. The summed E-state index contributed by atoms with van der Waals surface area (Å²) in [6, 6.07) is 0. The van der Waals surface area contributed by atoms with E-state index in [-0.39, 0.29) is 4.32 Å². The predicted octanol–water partition coefficient (Wildman–Crippen LogP) is 6.83. The van der Waals surface area contributed by atoms with Crippen LogP contribution in [0.3, 0.4) is 0 Å². The smallest absolute Gasteiger partial charge is 0.0258 e. The normalized spacial score (nSPS) is 33.2. The van der Waals surface area contributed by atoms with E-state index in [4.69, 9.17) is 0 Å². The van der Waals surface area contributed by atoms with Crippen molar-refractivity contribution in [3.63, 3.8) is 0 Å². The van der Waals surface area contributed by atoms with Gasteiger partial charge in [0.15, 0.2) is 0 Å². The molecule has 108 valence electrons. The average molecular weight is 447 g/mol. The minimum atomic E-state index is 0.289. The molecule has 0 bridgehead atoms. The third kappa shape index (κ3) is 6.26. The fourth-order valence-electron chi connectivity index (χ4n) is 2.88. The Morgan fingerprint density at radius 2 is 1.56 bits per heavy atom. The van der Waals surface area contributed by atoms with Crippen molar-refractivity contribution in [2.45, 2.75) is 85.6 Å². The number of alkyl halides is 3. The van der Waals surface area contributed by atoms with Gasteiger partial charge in [-0.15, -0.1) is 0 Å². The summed E-state index contributed by atoms with van der Waals surface area (Å²) in [6.45, 7) is 9.25. The van der Waals surface area contributed by atoms with Gasteiger partial charge in [0.1, 0.15) is 0 Å². The molecule has 0 aliphatic heterocycles. The molecule has 0 aromatic heterocycles. The molecule has 1 saturated carbocycles. The van der Waals surface area contributed by atoms with Crippen LogP contribution in [0.5, 0.6) is 0 Å². The number of rotatable bonds is 5. The molecule has 0 amide bonds. The van der Waals surface area contributed by atoms with Gasteiger partial charge in [-0.25, -0.2) is 0 Å². The molecule has 0 radical (unpaired) electrons. The lowest BCUT2D eigenvalue weighted by molar-refractivity contribution is 0.256. The van der Waals surface area contributed by atoms with Gasteiger partial charge < -0.3 is 0 Å². The zero-order valence-corrected chi connectivity index (χ0v) is 16.9. The molecule has 1 atom stereocenters. The van der Waals surface area contributed by atoms with E-state index in [1.165, 1.54) is 44.9 Å². The van der Waals surface area contributed by atoms with Crippen LogP contribution in [-0.4, -0.2) is 13.0 Å². The second-order valence-electron chi connectivity index (χ2n) is 7.04. The Kier molecular flexibility index (Phi) is 6.29. The molecule has 0 nitrogen and oxygen atoms in total. The van der Waals surface area contributed by atoms with Crippen LogP contribution < -0.4 is 0 Å². The summed E-state index contributed by atoms with van der Waals surface area (Å²) in [7, 11) is 0. The Morgan fingerprint density at radius 3 is 2.00 bits per heavy atom. The minimum absolute atomic E-state index is 0.289. The summed E-state index contributed by atoms with van der Waals surface area (Å²) in [4.78, 5) is 0. The molecule has 18 heavy (non-hydrogen) atoms.